The Bertz CT molecular complexity index is 1390. The van der Waals surface area contributed by atoms with E-state index in [-0.39, 0.29) is 52.0 Å². The fraction of sp³-hybridized carbons (Fsp3) is 0.520. The van der Waals surface area contributed by atoms with Crippen LogP contribution in [0.3, 0.4) is 0 Å². The Morgan fingerprint density at radius 3 is 2.74 bits per heavy atom. The van der Waals surface area contributed by atoms with E-state index < -0.39 is 5.91 Å². The molecule has 2 aliphatic heterocycles. The van der Waals surface area contributed by atoms with Crippen molar-refractivity contribution < 1.29 is 19.0 Å². The Morgan fingerprint density at radius 1 is 1.29 bits per heavy atom. The number of methoxy groups -OCH3 is 1. The number of fused-ring (bicyclic) bond motifs is 2. The molecule has 2 atom stereocenters. The third-order valence-electron chi connectivity index (χ3n) is 7.25. The Kier molecular flexibility index (Phi) is 4.85. The highest BCUT2D eigenvalue weighted by molar-refractivity contribution is 6.05. The molecule has 184 valence electrons. The Labute approximate surface area is 202 Å². The summed E-state index contributed by atoms with van der Waals surface area (Å²) in [5.74, 6) is 0.167. The minimum Gasteiger partial charge on any atom is -0.474 e. The number of carbonyl (C=O) groups excluding carboxylic acids is 1. The van der Waals surface area contributed by atoms with Crippen molar-refractivity contribution >= 4 is 17.4 Å². The lowest BCUT2D eigenvalue weighted by molar-refractivity contribution is 0.0154. The predicted octanol–water partition coefficient (Wildman–Crippen LogP) is 2.71. The van der Waals surface area contributed by atoms with Crippen LogP contribution < -0.4 is 15.6 Å². The molecule has 2 bridgehead atoms. The van der Waals surface area contributed by atoms with E-state index in [1.165, 1.54) is 0 Å². The van der Waals surface area contributed by atoms with Crippen LogP contribution in [-0.2, 0) is 14.9 Å². The Morgan fingerprint density at radius 2 is 2.09 bits per heavy atom. The minimum atomic E-state index is -0.474. The lowest BCUT2D eigenvalue weighted by atomic mass is 9.62. The number of amides is 1. The van der Waals surface area contributed by atoms with Gasteiger partial charge in [0.1, 0.15) is 11.3 Å². The molecular formula is C25H29N5O5. The summed E-state index contributed by atoms with van der Waals surface area (Å²) in [4.78, 5) is 35.6. The first-order chi connectivity index (χ1) is 16.7. The average Bonchev–Trinajstić information content (AvgIpc) is 3.13. The quantitative estimate of drug-likeness (QED) is 0.555. The van der Waals surface area contributed by atoms with Gasteiger partial charge < -0.3 is 24.1 Å². The van der Waals surface area contributed by atoms with Gasteiger partial charge in [-0.1, -0.05) is 0 Å². The molecule has 0 aromatic carbocycles. The molecule has 4 fully saturated rings. The van der Waals surface area contributed by atoms with E-state index in [9.17, 15) is 9.59 Å². The summed E-state index contributed by atoms with van der Waals surface area (Å²) in [5, 5.41) is 2.76. The Balaban J connectivity index is 1.33. The fourth-order valence-electron chi connectivity index (χ4n) is 5.54. The number of nitrogens with one attached hydrogen (secondary N) is 1. The maximum atomic E-state index is 13.3. The summed E-state index contributed by atoms with van der Waals surface area (Å²) in [7, 11) is 1.63. The molecule has 0 spiro atoms. The number of aromatic nitrogens is 4. The molecule has 7 rings (SSSR count). The minimum absolute atomic E-state index is 0.0149. The van der Waals surface area contributed by atoms with E-state index in [0.29, 0.717) is 12.4 Å². The largest absolute Gasteiger partial charge is 0.474 e. The summed E-state index contributed by atoms with van der Waals surface area (Å²) in [5.41, 5.74) is 0.899. The molecule has 3 aromatic heterocycles. The topological polar surface area (TPSA) is 109 Å². The van der Waals surface area contributed by atoms with Gasteiger partial charge in [-0.05, 0) is 52.2 Å². The summed E-state index contributed by atoms with van der Waals surface area (Å²) in [6.07, 6.45) is 7.75. The zero-order valence-electron chi connectivity index (χ0n) is 20.3. The molecule has 3 aromatic rings. The van der Waals surface area contributed by atoms with E-state index in [1.54, 1.807) is 40.6 Å². The second-order valence-corrected chi connectivity index (χ2v) is 10.5. The molecule has 0 radical (unpaired) electrons. The van der Waals surface area contributed by atoms with Crippen molar-refractivity contribution in [1.82, 2.24) is 18.9 Å². The SMILES string of the molecule is COC1CC1n1cccc(NC(=O)c2cn3cc(C45COC(C)(C4)C5)nc3nc2OC(C)C)c1=O. The summed E-state index contributed by atoms with van der Waals surface area (Å²) in [6, 6.07) is 3.32. The van der Waals surface area contributed by atoms with E-state index in [1.807, 2.05) is 20.0 Å². The van der Waals surface area contributed by atoms with Crippen molar-refractivity contribution in [3.63, 3.8) is 0 Å². The summed E-state index contributed by atoms with van der Waals surface area (Å²) < 4.78 is 20.5. The van der Waals surface area contributed by atoms with Crippen molar-refractivity contribution in [2.45, 2.75) is 69.3 Å². The molecule has 1 amide bonds. The zero-order valence-corrected chi connectivity index (χ0v) is 20.3. The number of rotatable bonds is 7. The van der Waals surface area contributed by atoms with Crippen molar-refractivity contribution in [3.05, 3.63) is 52.3 Å². The number of pyridine rings is 1. The van der Waals surface area contributed by atoms with Crippen LogP contribution >= 0.6 is 0 Å². The van der Waals surface area contributed by atoms with Crippen LogP contribution in [0.2, 0.25) is 0 Å². The van der Waals surface area contributed by atoms with Gasteiger partial charge in [0, 0.05) is 31.1 Å². The number of hydrogen-bond donors (Lipinski definition) is 1. The fourth-order valence-corrected chi connectivity index (χ4v) is 5.54. The van der Waals surface area contributed by atoms with Gasteiger partial charge in [-0.15, -0.1) is 0 Å². The standard InChI is InChI=1S/C25H29N5O5/c1-14(2)35-21-15(20(31)26-16-6-5-7-30(22(16)32)17-8-18(17)33-4)9-29-10-19(27-23(29)28-21)25-11-24(3,12-25)34-13-25/h5-7,9-10,14,17-18H,8,11-13H2,1-4H3,(H,26,31). The molecule has 5 heterocycles. The monoisotopic (exact) mass is 479 g/mol. The number of carbonyl (C=O) groups is 1. The molecule has 10 heteroatoms. The molecule has 4 aliphatic rings. The van der Waals surface area contributed by atoms with Crippen LogP contribution in [0.25, 0.3) is 5.78 Å². The van der Waals surface area contributed by atoms with Gasteiger partial charge in [0.15, 0.2) is 0 Å². The molecule has 35 heavy (non-hydrogen) atoms. The van der Waals surface area contributed by atoms with Crippen LogP contribution in [0.5, 0.6) is 5.88 Å². The van der Waals surface area contributed by atoms with Gasteiger partial charge in [-0.3, -0.25) is 14.0 Å². The maximum absolute atomic E-state index is 13.3. The van der Waals surface area contributed by atoms with Crippen LogP contribution in [0.4, 0.5) is 5.69 Å². The van der Waals surface area contributed by atoms with Gasteiger partial charge in [-0.2, -0.15) is 4.98 Å². The second-order valence-electron chi connectivity index (χ2n) is 10.5. The molecule has 2 unspecified atom stereocenters. The van der Waals surface area contributed by atoms with Crippen LogP contribution in [-0.4, -0.2) is 56.4 Å². The van der Waals surface area contributed by atoms with Crippen molar-refractivity contribution in [2.24, 2.45) is 0 Å². The number of hydrogen-bond acceptors (Lipinski definition) is 7. The first-order valence-electron chi connectivity index (χ1n) is 12.0. The highest BCUT2D eigenvalue weighted by Crippen LogP contribution is 2.58. The second kappa shape index (κ2) is 7.63. The maximum Gasteiger partial charge on any atom is 0.274 e. The van der Waals surface area contributed by atoms with E-state index in [0.717, 1.165) is 25.0 Å². The van der Waals surface area contributed by atoms with Crippen molar-refractivity contribution in [3.8, 4) is 5.88 Å². The Hall–Kier alpha value is -3.24. The van der Waals surface area contributed by atoms with E-state index >= 15 is 0 Å². The molecule has 10 nitrogen and oxygen atoms in total. The van der Waals surface area contributed by atoms with Crippen molar-refractivity contribution in [1.29, 1.82) is 0 Å². The van der Waals surface area contributed by atoms with Gasteiger partial charge in [0.05, 0.1) is 36.2 Å². The van der Waals surface area contributed by atoms with Gasteiger partial charge in [-0.25, -0.2) is 4.98 Å². The van der Waals surface area contributed by atoms with Crippen LogP contribution in [0.15, 0.2) is 35.5 Å². The number of ether oxygens (including phenoxy) is 3. The average molecular weight is 480 g/mol. The lowest BCUT2D eigenvalue weighted by Gasteiger charge is -2.41. The first-order valence-corrected chi connectivity index (χ1v) is 12.0. The lowest BCUT2D eigenvalue weighted by Crippen LogP contribution is -2.45. The number of imidazole rings is 1. The third-order valence-corrected chi connectivity index (χ3v) is 7.25. The summed E-state index contributed by atoms with van der Waals surface area (Å²) in [6.45, 7) is 6.50. The van der Waals surface area contributed by atoms with Crippen LogP contribution in [0, 0.1) is 0 Å². The molecule has 2 aliphatic carbocycles. The molecule has 2 saturated carbocycles. The third kappa shape index (κ3) is 3.63. The normalized spacial score (nSPS) is 28.8. The first kappa shape index (κ1) is 22.2. The highest BCUT2D eigenvalue weighted by Gasteiger charge is 2.61. The highest BCUT2D eigenvalue weighted by atomic mass is 16.5. The van der Waals surface area contributed by atoms with Gasteiger partial charge in [0.25, 0.3) is 11.5 Å². The smallest absolute Gasteiger partial charge is 0.274 e. The zero-order chi connectivity index (χ0) is 24.5. The predicted molar refractivity (Wildman–Crippen MR) is 127 cm³/mol. The van der Waals surface area contributed by atoms with E-state index in [2.05, 4.69) is 17.2 Å². The van der Waals surface area contributed by atoms with Gasteiger partial charge in [0.2, 0.25) is 11.7 Å². The number of nitrogens with zero attached hydrogens (tertiary/aromatic N) is 4. The van der Waals surface area contributed by atoms with Gasteiger partial charge >= 0.3 is 0 Å². The molecular weight excluding hydrogens is 450 g/mol. The van der Waals surface area contributed by atoms with Crippen LogP contribution in [0.1, 0.15) is 62.1 Å². The summed E-state index contributed by atoms with van der Waals surface area (Å²) >= 11 is 0. The molecule has 1 N–H and O–H groups in total. The molecule has 2 saturated heterocycles. The van der Waals surface area contributed by atoms with E-state index in [4.69, 9.17) is 19.2 Å². The number of anilines is 1. The van der Waals surface area contributed by atoms with Crippen molar-refractivity contribution in [2.75, 3.05) is 19.0 Å².